The summed E-state index contributed by atoms with van der Waals surface area (Å²) in [5.74, 6) is 1.91. The van der Waals surface area contributed by atoms with E-state index in [4.69, 9.17) is 14.2 Å². The number of hydrogen-bond acceptors (Lipinski definition) is 6. The van der Waals surface area contributed by atoms with E-state index < -0.39 is 10.0 Å². The molecule has 150 valence electrons. The van der Waals surface area contributed by atoms with Crippen LogP contribution < -0.4 is 14.2 Å². The van der Waals surface area contributed by atoms with E-state index in [0.29, 0.717) is 50.9 Å². The first kappa shape index (κ1) is 19.0. The molecule has 2 aliphatic rings. The lowest BCUT2D eigenvalue weighted by Crippen LogP contribution is -2.48. The van der Waals surface area contributed by atoms with Crippen LogP contribution in [0.2, 0.25) is 0 Å². The van der Waals surface area contributed by atoms with Crippen molar-refractivity contribution in [2.75, 3.05) is 46.5 Å². The van der Waals surface area contributed by atoms with Gasteiger partial charge in [-0.2, -0.15) is 4.31 Å². The molecule has 0 radical (unpaired) electrons. The van der Waals surface area contributed by atoms with E-state index in [1.54, 1.807) is 29.6 Å². The highest BCUT2D eigenvalue weighted by molar-refractivity contribution is 7.89. The number of benzene rings is 2. The monoisotopic (exact) mass is 404 g/mol. The first-order valence-corrected chi connectivity index (χ1v) is 10.8. The van der Waals surface area contributed by atoms with Crippen LogP contribution in [0.25, 0.3) is 0 Å². The van der Waals surface area contributed by atoms with Crippen molar-refractivity contribution >= 4 is 10.0 Å². The zero-order valence-corrected chi connectivity index (χ0v) is 16.7. The molecule has 7 nitrogen and oxygen atoms in total. The van der Waals surface area contributed by atoms with Crippen LogP contribution in [-0.2, 0) is 16.6 Å². The van der Waals surface area contributed by atoms with Crippen molar-refractivity contribution < 1.29 is 22.6 Å². The second-order valence-corrected chi connectivity index (χ2v) is 8.78. The number of ether oxygens (including phenoxy) is 3. The van der Waals surface area contributed by atoms with Crippen molar-refractivity contribution in [2.45, 2.75) is 11.4 Å². The highest BCUT2D eigenvalue weighted by Crippen LogP contribution is 2.33. The highest BCUT2D eigenvalue weighted by atomic mass is 32.2. The van der Waals surface area contributed by atoms with E-state index in [1.807, 2.05) is 18.2 Å². The van der Waals surface area contributed by atoms with Crippen LogP contribution >= 0.6 is 0 Å². The Kier molecular flexibility index (Phi) is 5.43. The third-order valence-electron chi connectivity index (χ3n) is 5.02. The number of rotatable bonds is 5. The number of methoxy groups -OCH3 is 1. The molecule has 0 amide bonds. The maximum absolute atomic E-state index is 13.0. The molecule has 1 saturated heterocycles. The van der Waals surface area contributed by atoms with Crippen LogP contribution in [-0.4, -0.2) is 64.1 Å². The van der Waals surface area contributed by atoms with Crippen LogP contribution in [0, 0.1) is 0 Å². The van der Waals surface area contributed by atoms with E-state index in [9.17, 15) is 8.42 Å². The zero-order chi connectivity index (χ0) is 19.6. The van der Waals surface area contributed by atoms with E-state index in [0.717, 1.165) is 17.9 Å². The fraction of sp³-hybridized carbons (Fsp3) is 0.400. The zero-order valence-electron chi connectivity index (χ0n) is 15.8. The summed E-state index contributed by atoms with van der Waals surface area (Å²) in [5, 5.41) is 0. The van der Waals surface area contributed by atoms with Gasteiger partial charge in [0.05, 0.1) is 12.0 Å². The van der Waals surface area contributed by atoms with Gasteiger partial charge in [0.25, 0.3) is 0 Å². The number of sulfonamides is 1. The molecule has 0 N–H and O–H groups in total. The number of fused-ring (bicyclic) bond motifs is 1. The standard InChI is InChI=1S/C20H24N2O5S/c1-25-17-4-2-3-16(13-17)15-21-7-9-22(10-8-21)28(23,24)18-5-6-19-20(14-18)27-12-11-26-19/h2-6,13-14H,7-12,15H2,1H3. The highest BCUT2D eigenvalue weighted by Gasteiger charge is 2.29. The predicted molar refractivity (Wildman–Crippen MR) is 104 cm³/mol. The second kappa shape index (κ2) is 7.98. The fourth-order valence-electron chi connectivity index (χ4n) is 3.49. The fourth-order valence-corrected chi connectivity index (χ4v) is 4.93. The van der Waals surface area contributed by atoms with Gasteiger partial charge in [-0.1, -0.05) is 12.1 Å². The molecule has 0 aromatic heterocycles. The molecule has 2 heterocycles. The van der Waals surface area contributed by atoms with Gasteiger partial charge < -0.3 is 14.2 Å². The van der Waals surface area contributed by atoms with Crippen molar-refractivity contribution in [2.24, 2.45) is 0 Å². The first-order chi connectivity index (χ1) is 13.6. The van der Waals surface area contributed by atoms with Gasteiger partial charge in [0.15, 0.2) is 11.5 Å². The SMILES string of the molecule is COc1cccc(CN2CCN(S(=O)(=O)c3ccc4c(c3)OCCO4)CC2)c1. The third kappa shape index (κ3) is 3.94. The van der Waals surface area contributed by atoms with E-state index in [2.05, 4.69) is 11.0 Å². The normalized spacial score (nSPS) is 18.0. The van der Waals surface area contributed by atoms with Crippen LogP contribution in [0.5, 0.6) is 17.2 Å². The Balaban J connectivity index is 1.41. The molecule has 8 heteroatoms. The van der Waals surface area contributed by atoms with Gasteiger partial charge in [-0.15, -0.1) is 0 Å². The minimum atomic E-state index is -3.55. The molecule has 2 aliphatic heterocycles. The van der Waals surface area contributed by atoms with Crippen LogP contribution in [0.15, 0.2) is 47.4 Å². The molecular formula is C20H24N2O5S. The lowest BCUT2D eigenvalue weighted by molar-refractivity contribution is 0.170. The lowest BCUT2D eigenvalue weighted by atomic mass is 10.2. The van der Waals surface area contributed by atoms with Crippen molar-refractivity contribution in [3.63, 3.8) is 0 Å². The van der Waals surface area contributed by atoms with Crippen molar-refractivity contribution in [1.82, 2.24) is 9.21 Å². The van der Waals surface area contributed by atoms with Gasteiger partial charge in [-0.25, -0.2) is 8.42 Å². The van der Waals surface area contributed by atoms with E-state index in [-0.39, 0.29) is 4.90 Å². The molecular weight excluding hydrogens is 380 g/mol. The molecule has 2 aromatic carbocycles. The Bertz CT molecular complexity index is 939. The second-order valence-electron chi connectivity index (χ2n) is 6.84. The minimum Gasteiger partial charge on any atom is -0.497 e. The quantitative estimate of drug-likeness (QED) is 0.759. The summed E-state index contributed by atoms with van der Waals surface area (Å²) in [7, 11) is -1.90. The molecule has 2 aromatic rings. The summed E-state index contributed by atoms with van der Waals surface area (Å²) in [6, 6.07) is 12.8. The first-order valence-electron chi connectivity index (χ1n) is 9.31. The average Bonchev–Trinajstić information content (AvgIpc) is 2.74. The largest absolute Gasteiger partial charge is 0.497 e. The van der Waals surface area contributed by atoms with Crippen LogP contribution in [0.3, 0.4) is 0 Å². The van der Waals surface area contributed by atoms with Crippen LogP contribution in [0.4, 0.5) is 0 Å². The summed E-state index contributed by atoms with van der Waals surface area (Å²) >= 11 is 0. The minimum absolute atomic E-state index is 0.248. The molecule has 4 rings (SSSR count). The lowest BCUT2D eigenvalue weighted by Gasteiger charge is -2.34. The van der Waals surface area contributed by atoms with Gasteiger partial charge in [-0.05, 0) is 29.8 Å². The van der Waals surface area contributed by atoms with E-state index >= 15 is 0 Å². The van der Waals surface area contributed by atoms with Gasteiger partial charge in [0.1, 0.15) is 19.0 Å². The summed E-state index contributed by atoms with van der Waals surface area (Å²) in [4.78, 5) is 2.50. The molecule has 0 bridgehead atoms. The summed E-state index contributed by atoms with van der Waals surface area (Å²) in [6.07, 6.45) is 0. The summed E-state index contributed by atoms with van der Waals surface area (Å²) < 4.78 is 43.8. The Morgan fingerprint density at radius 3 is 2.46 bits per heavy atom. The summed E-state index contributed by atoms with van der Waals surface area (Å²) in [6.45, 7) is 3.96. The van der Waals surface area contributed by atoms with Gasteiger partial charge in [0.2, 0.25) is 10.0 Å². The number of nitrogens with zero attached hydrogens (tertiary/aromatic N) is 2. The Morgan fingerprint density at radius 1 is 0.964 bits per heavy atom. The van der Waals surface area contributed by atoms with Gasteiger partial charge in [-0.3, -0.25) is 4.90 Å². The maximum Gasteiger partial charge on any atom is 0.243 e. The molecule has 0 atom stereocenters. The molecule has 1 fully saturated rings. The molecule has 0 spiro atoms. The van der Waals surface area contributed by atoms with Crippen molar-refractivity contribution in [1.29, 1.82) is 0 Å². The van der Waals surface area contributed by atoms with Gasteiger partial charge >= 0.3 is 0 Å². The van der Waals surface area contributed by atoms with E-state index in [1.165, 1.54) is 0 Å². The third-order valence-corrected chi connectivity index (χ3v) is 6.92. The molecule has 0 unspecified atom stereocenters. The Morgan fingerprint density at radius 2 is 1.71 bits per heavy atom. The Labute approximate surface area is 165 Å². The summed E-state index contributed by atoms with van der Waals surface area (Å²) in [5.41, 5.74) is 1.16. The average molecular weight is 404 g/mol. The van der Waals surface area contributed by atoms with Gasteiger partial charge in [0, 0.05) is 38.8 Å². The van der Waals surface area contributed by atoms with Crippen molar-refractivity contribution in [3.05, 3.63) is 48.0 Å². The Hall–Kier alpha value is -2.29. The van der Waals surface area contributed by atoms with Crippen molar-refractivity contribution in [3.8, 4) is 17.2 Å². The number of hydrogen-bond donors (Lipinski definition) is 0. The topological polar surface area (TPSA) is 68.3 Å². The molecule has 28 heavy (non-hydrogen) atoms. The predicted octanol–water partition coefficient (Wildman–Crippen LogP) is 1.97. The number of piperazine rings is 1. The van der Waals surface area contributed by atoms with Crippen LogP contribution in [0.1, 0.15) is 5.56 Å². The maximum atomic E-state index is 13.0. The smallest absolute Gasteiger partial charge is 0.243 e. The molecule has 0 saturated carbocycles. The molecule has 0 aliphatic carbocycles.